The first kappa shape index (κ1) is 12.7. The van der Waals surface area contributed by atoms with Crippen LogP contribution in [-0.4, -0.2) is 5.11 Å². The molecule has 5 heteroatoms. The lowest BCUT2D eigenvalue weighted by atomic mass is 10.1. The summed E-state index contributed by atoms with van der Waals surface area (Å²) in [6.07, 6.45) is -0.607. The lowest BCUT2D eigenvalue weighted by Gasteiger charge is -2.09. The van der Waals surface area contributed by atoms with Gasteiger partial charge in [-0.3, -0.25) is 0 Å². The molecule has 3 rings (SSSR count). The van der Waals surface area contributed by atoms with Crippen LogP contribution in [0.2, 0.25) is 0 Å². The molecule has 1 nitrogen and oxygen atoms in total. The number of thiophene rings is 2. The normalized spacial score (nSPS) is 13.0. The average Bonchev–Trinajstić information content (AvgIpc) is 2.93. The summed E-state index contributed by atoms with van der Waals surface area (Å²) in [5.41, 5.74) is 0.325. The van der Waals surface area contributed by atoms with Gasteiger partial charge in [-0.15, -0.1) is 22.7 Å². The number of aliphatic hydroxyl groups excluding tert-OH is 1. The van der Waals surface area contributed by atoms with Gasteiger partial charge in [0.15, 0.2) is 0 Å². The van der Waals surface area contributed by atoms with Gasteiger partial charge in [-0.05, 0) is 29.1 Å². The Labute approximate surface area is 116 Å². The van der Waals surface area contributed by atoms with Crippen LogP contribution in [0.25, 0.3) is 9.40 Å². The third-order valence-electron chi connectivity index (χ3n) is 2.92. The van der Waals surface area contributed by atoms with Crippen LogP contribution in [0.3, 0.4) is 0 Å². The molecule has 0 aliphatic heterocycles. The first-order valence-electron chi connectivity index (χ1n) is 5.72. The van der Waals surface area contributed by atoms with Gasteiger partial charge in [-0.1, -0.05) is 6.07 Å². The SMILES string of the molecule is OC(Cc1ccc(F)cc1F)c1cc2sccc2s1. The summed E-state index contributed by atoms with van der Waals surface area (Å²) in [4.78, 5) is 0.811. The number of hydrogen-bond acceptors (Lipinski definition) is 3. The van der Waals surface area contributed by atoms with Crippen LogP contribution >= 0.6 is 22.7 Å². The zero-order chi connectivity index (χ0) is 13.4. The van der Waals surface area contributed by atoms with E-state index in [1.807, 2.05) is 17.5 Å². The minimum atomic E-state index is -0.760. The predicted octanol–water partition coefficient (Wildman–Crippen LogP) is 4.52. The first-order valence-corrected chi connectivity index (χ1v) is 7.42. The summed E-state index contributed by atoms with van der Waals surface area (Å²) in [5.74, 6) is -1.22. The highest BCUT2D eigenvalue weighted by molar-refractivity contribution is 7.26. The molecular weight excluding hydrogens is 286 g/mol. The van der Waals surface area contributed by atoms with Crippen molar-refractivity contribution in [2.45, 2.75) is 12.5 Å². The molecule has 0 aliphatic carbocycles. The zero-order valence-corrected chi connectivity index (χ0v) is 11.4. The van der Waals surface area contributed by atoms with Crippen molar-refractivity contribution < 1.29 is 13.9 Å². The highest BCUT2D eigenvalue weighted by atomic mass is 32.1. The smallest absolute Gasteiger partial charge is 0.129 e. The molecule has 3 aromatic rings. The number of fused-ring (bicyclic) bond motifs is 1. The van der Waals surface area contributed by atoms with Crippen LogP contribution in [0.1, 0.15) is 16.5 Å². The Morgan fingerprint density at radius 2 is 1.95 bits per heavy atom. The molecule has 0 aliphatic rings. The van der Waals surface area contributed by atoms with E-state index < -0.39 is 17.7 Å². The van der Waals surface area contributed by atoms with Crippen molar-refractivity contribution in [3.63, 3.8) is 0 Å². The molecule has 1 atom stereocenters. The van der Waals surface area contributed by atoms with E-state index in [1.165, 1.54) is 23.5 Å². The highest BCUT2D eigenvalue weighted by Gasteiger charge is 2.15. The third-order valence-corrected chi connectivity index (χ3v) is 5.11. The Hall–Kier alpha value is -1.30. The average molecular weight is 296 g/mol. The summed E-state index contributed by atoms with van der Waals surface area (Å²) in [6.45, 7) is 0. The van der Waals surface area contributed by atoms with E-state index in [9.17, 15) is 13.9 Å². The van der Waals surface area contributed by atoms with Crippen molar-refractivity contribution >= 4 is 32.1 Å². The van der Waals surface area contributed by atoms with Crippen LogP contribution in [0, 0.1) is 11.6 Å². The van der Waals surface area contributed by atoms with Crippen molar-refractivity contribution in [3.05, 3.63) is 57.8 Å². The molecule has 0 fully saturated rings. The summed E-state index contributed by atoms with van der Waals surface area (Å²) in [7, 11) is 0. The van der Waals surface area contributed by atoms with Gasteiger partial charge in [-0.25, -0.2) is 8.78 Å². The second-order valence-corrected chi connectivity index (χ2v) is 6.32. The van der Waals surface area contributed by atoms with Crippen LogP contribution in [0.4, 0.5) is 8.78 Å². The van der Waals surface area contributed by atoms with Gasteiger partial charge in [0.2, 0.25) is 0 Å². The summed E-state index contributed by atoms with van der Waals surface area (Å²) < 4.78 is 28.6. The van der Waals surface area contributed by atoms with E-state index in [0.29, 0.717) is 5.56 Å². The highest BCUT2D eigenvalue weighted by Crippen LogP contribution is 2.34. The number of halogens is 2. The van der Waals surface area contributed by atoms with Crippen LogP contribution in [0.15, 0.2) is 35.7 Å². The van der Waals surface area contributed by atoms with E-state index in [1.54, 1.807) is 11.3 Å². The summed E-state index contributed by atoms with van der Waals surface area (Å²) in [5, 5.41) is 12.1. The fraction of sp³-hybridized carbons (Fsp3) is 0.143. The molecule has 0 saturated carbocycles. The van der Waals surface area contributed by atoms with Gasteiger partial charge in [0.05, 0.1) is 6.10 Å². The molecule has 1 aromatic carbocycles. The van der Waals surface area contributed by atoms with Crippen molar-refractivity contribution in [3.8, 4) is 0 Å². The number of rotatable bonds is 3. The van der Waals surface area contributed by atoms with E-state index in [4.69, 9.17) is 0 Å². The van der Waals surface area contributed by atoms with Crippen molar-refractivity contribution in [2.75, 3.05) is 0 Å². The van der Waals surface area contributed by atoms with Crippen molar-refractivity contribution in [2.24, 2.45) is 0 Å². The fourth-order valence-corrected chi connectivity index (χ4v) is 4.05. The molecule has 2 heterocycles. The Kier molecular flexibility index (Phi) is 3.35. The standard InChI is InChI=1S/C14H10F2OS2/c15-9-2-1-8(10(16)6-9)5-11(17)13-7-14-12(19-13)3-4-18-14/h1-4,6-7,11,17H,5H2. The molecular formula is C14H10F2OS2. The number of aliphatic hydroxyl groups is 1. The predicted molar refractivity (Wildman–Crippen MR) is 74.7 cm³/mol. The van der Waals surface area contributed by atoms with E-state index in [2.05, 4.69) is 0 Å². The maximum Gasteiger partial charge on any atom is 0.129 e. The van der Waals surface area contributed by atoms with Gasteiger partial charge in [0.1, 0.15) is 11.6 Å². The summed E-state index contributed by atoms with van der Waals surface area (Å²) in [6, 6.07) is 7.35. The van der Waals surface area contributed by atoms with Gasteiger partial charge >= 0.3 is 0 Å². The van der Waals surface area contributed by atoms with E-state index >= 15 is 0 Å². The molecule has 1 N–H and O–H groups in total. The monoisotopic (exact) mass is 296 g/mol. The van der Waals surface area contributed by atoms with E-state index in [0.717, 1.165) is 20.3 Å². The number of benzene rings is 1. The molecule has 19 heavy (non-hydrogen) atoms. The van der Waals surface area contributed by atoms with Gasteiger partial charge in [-0.2, -0.15) is 0 Å². The van der Waals surface area contributed by atoms with Crippen molar-refractivity contribution in [1.29, 1.82) is 0 Å². The Morgan fingerprint density at radius 1 is 1.11 bits per heavy atom. The molecule has 2 aromatic heterocycles. The molecule has 0 spiro atoms. The van der Waals surface area contributed by atoms with Crippen molar-refractivity contribution in [1.82, 2.24) is 0 Å². The molecule has 1 unspecified atom stereocenters. The molecule has 0 bridgehead atoms. The minimum Gasteiger partial charge on any atom is -0.387 e. The fourth-order valence-electron chi connectivity index (χ4n) is 1.94. The second-order valence-electron chi connectivity index (χ2n) is 4.25. The van der Waals surface area contributed by atoms with Crippen LogP contribution in [0.5, 0.6) is 0 Å². The lowest BCUT2D eigenvalue weighted by molar-refractivity contribution is 0.181. The van der Waals surface area contributed by atoms with Gasteiger partial charge in [0.25, 0.3) is 0 Å². The topological polar surface area (TPSA) is 20.2 Å². The number of hydrogen-bond donors (Lipinski definition) is 1. The third kappa shape index (κ3) is 2.54. The minimum absolute atomic E-state index is 0.153. The molecule has 0 radical (unpaired) electrons. The molecule has 98 valence electrons. The maximum atomic E-state index is 13.5. The van der Waals surface area contributed by atoms with Crippen LogP contribution in [-0.2, 0) is 6.42 Å². The zero-order valence-electron chi connectivity index (χ0n) is 9.77. The molecule has 0 saturated heterocycles. The Balaban J connectivity index is 1.84. The van der Waals surface area contributed by atoms with E-state index in [-0.39, 0.29) is 6.42 Å². The van der Waals surface area contributed by atoms with Gasteiger partial charge < -0.3 is 5.11 Å². The van der Waals surface area contributed by atoms with Crippen LogP contribution < -0.4 is 0 Å². The largest absolute Gasteiger partial charge is 0.387 e. The quantitative estimate of drug-likeness (QED) is 0.753. The second kappa shape index (κ2) is 5.00. The molecule has 0 amide bonds. The first-order chi connectivity index (χ1) is 9.13. The summed E-state index contributed by atoms with van der Waals surface area (Å²) >= 11 is 3.12. The maximum absolute atomic E-state index is 13.5. The lowest BCUT2D eigenvalue weighted by Crippen LogP contribution is -2.02. The van der Waals surface area contributed by atoms with Gasteiger partial charge in [0, 0.05) is 26.8 Å². The Morgan fingerprint density at radius 3 is 2.68 bits per heavy atom. The Bertz CT molecular complexity index is 689.